The molecule has 4 atom stereocenters. The van der Waals surface area contributed by atoms with E-state index in [0.29, 0.717) is 11.8 Å². The lowest BCUT2D eigenvalue weighted by molar-refractivity contribution is 0.0192. The number of nitrogens with zero attached hydrogens (tertiary/aromatic N) is 1. The first-order valence-electron chi connectivity index (χ1n) is 11.1. The van der Waals surface area contributed by atoms with Gasteiger partial charge in [0.2, 0.25) is 0 Å². The molecule has 1 aliphatic rings. The second kappa shape index (κ2) is 8.74. The maximum absolute atomic E-state index is 12.7. The number of aliphatic hydroxyl groups excluding tert-OH is 1. The van der Waals surface area contributed by atoms with Crippen LogP contribution in [0.25, 0.3) is 16.6 Å². The first-order chi connectivity index (χ1) is 14.8. The number of para-hydroxylation sites is 1. The van der Waals surface area contributed by atoms with Gasteiger partial charge in [0.05, 0.1) is 28.8 Å². The zero-order chi connectivity index (χ0) is 22.2. The van der Waals surface area contributed by atoms with Crippen LogP contribution in [0.4, 0.5) is 0 Å². The molecule has 6 nitrogen and oxygen atoms in total. The zero-order valence-corrected chi connectivity index (χ0v) is 19.4. The SMILES string of the molecule is C[C@H]1[C@H]([Si](C)(C)O)[C@@H](CCO)O[C@H]1CCc1cccc(-n2[nH]c3ccccc3c2=O)c1. The third-order valence-electron chi connectivity index (χ3n) is 6.61. The number of H-pyrrole nitrogens is 1. The van der Waals surface area contributed by atoms with E-state index in [1.54, 1.807) is 4.68 Å². The Morgan fingerprint density at radius 2 is 1.87 bits per heavy atom. The summed E-state index contributed by atoms with van der Waals surface area (Å²) in [7, 11) is -2.39. The summed E-state index contributed by atoms with van der Waals surface area (Å²) in [5.74, 6) is 0.253. The summed E-state index contributed by atoms with van der Waals surface area (Å²) in [6, 6.07) is 15.5. The highest BCUT2D eigenvalue weighted by Crippen LogP contribution is 2.45. The second-order valence-corrected chi connectivity index (χ2v) is 13.2. The van der Waals surface area contributed by atoms with Crippen molar-refractivity contribution < 1.29 is 14.6 Å². The number of rotatable bonds is 7. The van der Waals surface area contributed by atoms with Gasteiger partial charge in [-0.3, -0.25) is 9.89 Å². The van der Waals surface area contributed by atoms with Crippen LogP contribution in [0.2, 0.25) is 18.6 Å². The predicted octanol–water partition coefficient (Wildman–Crippen LogP) is 3.60. The average Bonchev–Trinajstić information content (AvgIpc) is 3.24. The van der Waals surface area contributed by atoms with Crippen molar-refractivity contribution in [2.24, 2.45) is 5.92 Å². The summed E-state index contributed by atoms with van der Waals surface area (Å²) < 4.78 is 7.90. The van der Waals surface area contributed by atoms with Gasteiger partial charge in [-0.05, 0) is 68.1 Å². The van der Waals surface area contributed by atoms with Crippen molar-refractivity contribution >= 4 is 19.2 Å². The van der Waals surface area contributed by atoms with Gasteiger partial charge in [-0.1, -0.05) is 31.2 Å². The van der Waals surface area contributed by atoms with E-state index < -0.39 is 8.32 Å². The molecule has 1 fully saturated rings. The summed E-state index contributed by atoms with van der Waals surface area (Å²) in [4.78, 5) is 23.5. The fourth-order valence-electron chi connectivity index (χ4n) is 5.21. The van der Waals surface area contributed by atoms with Crippen molar-refractivity contribution in [1.29, 1.82) is 0 Å². The standard InChI is InChI=1S/C24H32N2O4Si/c1-16-21(30-22(13-14-27)23(16)31(2,3)29)12-11-17-7-6-8-18(15-17)26-24(28)19-9-4-5-10-20(19)25-26/h4-10,15-16,21-23,25,27,29H,11-14H2,1-3H3/t16-,21+,22-,23+/m1/s1. The number of aromatic amines is 1. The van der Waals surface area contributed by atoms with Crippen LogP contribution in [0.15, 0.2) is 53.3 Å². The highest BCUT2D eigenvalue weighted by atomic mass is 28.4. The van der Waals surface area contributed by atoms with Crippen LogP contribution < -0.4 is 5.56 Å². The van der Waals surface area contributed by atoms with Crippen molar-refractivity contribution in [3.05, 3.63) is 64.4 Å². The summed E-state index contributed by atoms with van der Waals surface area (Å²) in [5, 5.41) is 13.3. The van der Waals surface area contributed by atoms with Crippen molar-refractivity contribution in [1.82, 2.24) is 9.78 Å². The lowest BCUT2D eigenvalue weighted by atomic mass is 9.95. The van der Waals surface area contributed by atoms with Crippen LogP contribution in [0.1, 0.15) is 25.3 Å². The van der Waals surface area contributed by atoms with Crippen LogP contribution in [0.5, 0.6) is 0 Å². The quantitative estimate of drug-likeness (QED) is 0.490. The number of hydrogen-bond acceptors (Lipinski definition) is 4. The minimum atomic E-state index is -2.39. The number of aryl methyl sites for hydroxylation is 1. The zero-order valence-electron chi connectivity index (χ0n) is 18.4. The second-order valence-electron chi connectivity index (χ2n) is 9.27. The predicted molar refractivity (Wildman–Crippen MR) is 125 cm³/mol. The van der Waals surface area contributed by atoms with E-state index in [4.69, 9.17) is 4.74 Å². The molecule has 3 aromatic rings. The molecular weight excluding hydrogens is 408 g/mol. The average molecular weight is 441 g/mol. The molecule has 0 amide bonds. The van der Waals surface area contributed by atoms with Crippen LogP contribution >= 0.6 is 0 Å². The molecule has 2 aromatic carbocycles. The Bertz CT molecular complexity index is 1100. The van der Waals surface area contributed by atoms with Gasteiger partial charge in [0, 0.05) is 12.1 Å². The van der Waals surface area contributed by atoms with E-state index in [2.05, 4.69) is 18.1 Å². The highest BCUT2D eigenvalue weighted by Gasteiger charge is 2.49. The molecule has 0 radical (unpaired) electrons. The van der Waals surface area contributed by atoms with E-state index in [9.17, 15) is 14.7 Å². The molecular formula is C24H32N2O4Si. The van der Waals surface area contributed by atoms with Crippen molar-refractivity contribution in [3.8, 4) is 5.69 Å². The topological polar surface area (TPSA) is 87.5 Å². The monoisotopic (exact) mass is 440 g/mol. The smallest absolute Gasteiger partial charge is 0.279 e. The normalized spacial score (nSPS) is 24.2. The Labute approximate surface area is 183 Å². The van der Waals surface area contributed by atoms with E-state index in [1.807, 2.05) is 55.6 Å². The number of aliphatic hydroxyl groups is 1. The fourth-order valence-corrected chi connectivity index (χ4v) is 7.86. The number of ether oxygens (including phenoxy) is 1. The van der Waals surface area contributed by atoms with Gasteiger partial charge in [-0.2, -0.15) is 0 Å². The lowest BCUT2D eigenvalue weighted by Crippen LogP contribution is -2.40. The molecule has 1 aromatic heterocycles. The van der Waals surface area contributed by atoms with E-state index in [1.165, 1.54) is 0 Å². The number of hydrogen-bond donors (Lipinski definition) is 3. The molecule has 7 heteroatoms. The molecule has 1 saturated heterocycles. The van der Waals surface area contributed by atoms with Crippen LogP contribution in [0.3, 0.4) is 0 Å². The molecule has 3 N–H and O–H groups in total. The first-order valence-corrected chi connectivity index (χ1v) is 14.1. The van der Waals surface area contributed by atoms with Gasteiger partial charge in [-0.25, -0.2) is 4.68 Å². The Hall–Kier alpha value is -2.19. The van der Waals surface area contributed by atoms with E-state index in [0.717, 1.165) is 29.6 Å². The van der Waals surface area contributed by atoms with E-state index >= 15 is 0 Å². The van der Waals surface area contributed by atoms with Gasteiger partial charge in [0.15, 0.2) is 8.32 Å². The first kappa shape index (κ1) is 22.0. The molecule has 0 spiro atoms. The number of fused-ring (bicyclic) bond motifs is 1. The molecule has 2 heterocycles. The molecule has 31 heavy (non-hydrogen) atoms. The molecule has 0 unspecified atom stereocenters. The number of nitrogens with one attached hydrogen (secondary N) is 1. The van der Waals surface area contributed by atoms with Crippen LogP contribution in [-0.2, 0) is 11.2 Å². The van der Waals surface area contributed by atoms with Gasteiger partial charge >= 0.3 is 0 Å². The van der Waals surface area contributed by atoms with Gasteiger partial charge in [0.1, 0.15) is 0 Å². The highest BCUT2D eigenvalue weighted by molar-refractivity contribution is 6.71. The maximum Gasteiger partial charge on any atom is 0.279 e. The molecule has 166 valence electrons. The van der Waals surface area contributed by atoms with Gasteiger partial charge in [-0.15, -0.1) is 0 Å². The summed E-state index contributed by atoms with van der Waals surface area (Å²) in [5.41, 5.74) is 2.86. The molecule has 0 saturated carbocycles. The number of aromatic nitrogens is 2. The maximum atomic E-state index is 12.7. The summed E-state index contributed by atoms with van der Waals surface area (Å²) in [6.45, 7) is 6.17. The van der Waals surface area contributed by atoms with Crippen molar-refractivity contribution in [2.45, 2.75) is 57.0 Å². The van der Waals surface area contributed by atoms with Gasteiger partial charge < -0.3 is 14.6 Å². The largest absolute Gasteiger partial charge is 0.432 e. The molecule has 4 rings (SSSR count). The summed E-state index contributed by atoms with van der Waals surface area (Å²) >= 11 is 0. The minimum Gasteiger partial charge on any atom is -0.432 e. The van der Waals surface area contributed by atoms with Crippen molar-refractivity contribution in [3.63, 3.8) is 0 Å². The Morgan fingerprint density at radius 1 is 1.10 bits per heavy atom. The summed E-state index contributed by atoms with van der Waals surface area (Å²) in [6.07, 6.45) is 2.22. The third-order valence-corrected chi connectivity index (χ3v) is 9.14. The Morgan fingerprint density at radius 3 is 2.58 bits per heavy atom. The molecule has 0 bridgehead atoms. The van der Waals surface area contributed by atoms with Crippen LogP contribution in [-0.4, -0.2) is 46.8 Å². The lowest BCUT2D eigenvalue weighted by Gasteiger charge is -2.30. The number of benzene rings is 2. The molecule has 0 aliphatic carbocycles. The third kappa shape index (κ3) is 4.41. The van der Waals surface area contributed by atoms with Crippen molar-refractivity contribution in [2.75, 3.05) is 6.61 Å². The fraction of sp³-hybridized carbons (Fsp3) is 0.458. The minimum absolute atomic E-state index is 0.0506. The van der Waals surface area contributed by atoms with Gasteiger partial charge in [0.25, 0.3) is 5.56 Å². The molecule has 1 aliphatic heterocycles. The van der Waals surface area contributed by atoms with E-state index in [-0.39, 0.29) is 35.8 Å². The van der Waals surface area contributed by atoms with Crippen LogP contribution in [0, 0.1) is 5.92 Å². The Kier molecular flexibility index (Phi) is 6.21. The Balaban J connectivity index is 1.51.